The first kappa shape index (κ1) is 25.4. The van der Waals surface area contributed by atoms with Crippen LogP contribution in [0.1, 0.15) is 31.0 Å². The number of benzene rings is 1. The number of aromatic nitrogens is 3. The topological polar surface area (TPSA) is 102 Å². The number of piperidine rings is 1. The summed E-state index contributed by atoms with van der Waals surface area (Å²) in [5, 5.41) is 12.2. The number of aliphatic hydroxyl groups is 1. The van der Waals surface area contributed by atoms with E-state index in [2.05, 4.69) is 15.0 Å². The number of rotatable bonds is 4. The molecule has 0 saturated carbocycles. The van der Waals surface area contributed by atoms with Crippen LogP contribution in [0.15, 0.2) is 59.7 Å². The maximum absolute atomic E-state index is 14.0. The molecule has 2 saturated heterocycles. The largest absolute Gasteiger partial charge is 0.384 e. The normalized spacial score (nSPS) is 27.9. The van der Waals surface area contributed by atoms with Crippen molar-refractivity contribution in [2.24, 2.45) is 17.8 Å². The van der Waals surface area contributed by atoms with Crippen LogP contribution in [-0.2, 0) is 10.4 Å². The number of nitrogens with zero attached hydrogens (tertiary/aromatic N) is 4. The second-order valence-electron chi connectivity index (χ2n) is 10.1. The van der Waals surface area contributed by atoms with Crippen molar-refractivity contribution in [3.05, 3.63) is 87.4 Å². The zero-order valence-corrected chi connectivity index (χ0v) is 21.4. The average molecular weight is 526 g/mol. The molecule has 2 N–H and O–H groups in total. The molecule has 8 nitrogen and oxygen atoms in total. The highest BCUT2D eigenvalue weighted by Gasteiger charge is 2.49. The van der Waals surface area contributed by atoms with Gasteiger partial charge in [0, 0.05) is 62.0 Å². The first-order valence-corrected chi connectivity index (χ1v) is 12.7. The molecule has 10 heteroatoms. The van der Waals surface area contributed by atoms with E-state index in [1.807, 2.05) is 29.7 Å². The van der Waals surface area contributed by atoms with Crippen molar-refractivity contribution in [2.75, 3.05) is 31.1 Å². The summed E-state index contributed by atoms with van der Waals surface area (Å²) in [7, 11) is 0. The zero-order valence-electron chi connectivity index (χ0n) is 20.6. The zero-order chi connectivity index (χ0) is 26.3. The predicted molar refractivity (Wildman–Crippen MR) is 138 cm³/mol. The molecule has 0 aliphatic carbocycles. The first-order chi connectivity index (χ1) is 17.7. The second-order valence-corrected chi connectivity index (χ2v) is 10.6. The fourth-order valence-electron chi connectivity index (χ4n) is 5.88. The lowest BCUT2D eigenvalue weighted by Gasteiger charge is -2.48. The van der Waals surface area contributed by atoms with Crippen molar-refractivity contribution in [3.63, 3.8) is 0 Å². The molecule has 0 spiro atoms. The van der Waals surface area contributed by atoms with E-state index in [1.54, 1.807) is 36.7 Å². The van der Waals surface area contributed by atoms with Gasteiger partial charge in [0.05, 0.1) is 16.5 Å². The van der Waals surface area contributed by atoms with E-state index in [0.717, 1.165) is 5.69 Å². The molecule has 5 rings (SSSR count). The van der Waals surface area contributed by atoms with Gasteiger partial charge in [-0.1, -0.05) is 37.6 Å². The molecule has 1 aromatic carbocycles. The summed E-state index contributed by atoms with van der Waals surface area (Å²) in [6, 6.07) is 11.2. The van der Waals surface area contributed by atoms with Crippen LogP contribution in [0.3, 0.4) is 0 Å². The third kappa shape index (κ3) is 4.73. The minimum absolute atomic E-state index is 0.0334. The summed E-state index contributed by atoms with van der Waals surface area (Å²) in [5.74, 6) is -1.09. The lowest BCUT2D eigenvalue weighted by molar-refractivity contribution is -0.152. The standard InChI is InChI=1S/C27H29ClFN5O3/c1-16-12-34(13-17(2)27(16,37)18-3-6-20(29)7-4-18)25(35)22-15-33(24-9-10-30-26(36)32-24)14-21(22)23-8-5-19(28)11-31-23/h3-11,16-17,21-22,37H,12-15H2,1-2H3,(H,30,32,36)/t16-,17+,21-,22-,27+/m1/s1. The molecule has 2 aliphatic rings. The molecular weight excluding hydrogens is 497 g/mol. The number of aromatic amines is 1. The van der Waals surface area contributed by atoms with Crippen LogP contribution in [0, 0.1) is 23.6 Å². The van der Waals surface area contributed by atoms with Crippen molar-refractivity contribution in [2.45, 2.75) is 25.4 Å². The average Bonchev–Trinajstić information content (AvgIpc) is 3.33. The summed E-state index contributed by atoms with van der Waals surface area (Å²) in [6.07, 6.45) is 3.11. The van der Waals surface area contributed by atoms with Crippen molar-refractivity contribution in [3.8, 4) is 0 Å². The second kappa shape index (κ2) is 9.87. The Morgan fingerprint density at radius 2 is 1.78 bits per heavy atom. The smallest absolute Gasteiger partial charge is 0.346 e. The number of carbonyl (C=O) groups excluding carboxylic acids is 1. The molecule has 194 valence electrons. The quantitative estimate of drug-likeness (QED) is 0.542. The monoisotopic (exact) mass is 525 g/mol. The van der Waals surface area contributed by atoms with Gasteiger partial charge in [-0.25, -0.2) is 9.18 Å². The van der Waals surface area contributed by atoms with Gasteiger partial charge >= 0.3 is 5.69 Å². The van der Waals surface area contributed by atoms with E-state index in [9.17, 15) is 19.1 Å². The molecule has 4 heterocycles. The molecule has 37 heavy (non-hydrogen) atoms. The van der Waals surface area contributed by atoms with Gasteiger partial charge in [0.1, 0.15) is 11.6 Å². The van der Waals surface area contributed by atoms with Gasteiger partial charge in [-0.2, -0.15) is 4.98 Å². The van der Waals surface area contributed by atoms with E-state index in [-0.39, 0.29) is 29.5 Å². The number of carbonyl (C=O) groups is 1. The van der Waals surface area contributed by atoms with Crippen molar-refractivity contribution < 1.29 is 14.3 Å². The van der Waals surface area contributed by atoms with Crippen LogP contribution in [0.5, 0.6) is 0 Å². The molecule has 2 fully saturated rings. The minimum atomic E-state index is -1.18. The Balaban J connectivity index is 1.41. The number of pyridine rings is 1. The number of likely N-dealkylation sites (tertiary alicyclic amines) is 1. The highest BCUT2D eigenvalue weighted by atomic mass is 35.5. The van der Waals surface area contributed by atoms with Gasteiger partial charge in [0.15, 0.2) is 0 Å². The van der Waals surface area contributed by atoms with Gasteiger partial charge in [0.25, 0.3) is 0 Å². The Morgan fingerprint density at radius 1 is 1.08 bits per heavy atom. The minimum Gasteiger partial charge on any atom is -0.384 e. The van der Waals surface area contributed by atoms with Crippen LogP contribution in [-0.4, -0.2) is 57.0 Å². The molecule has 0 bridgehead atoms. The van der Waals surface area contributed by atoms with E-state index < -0.39 is 17.2 Å². The Morgan fingerprint density at radius 3 is 2.41 bits per heavy atom. The number of amides is 1. The van der Waals surface area contributed by atoms with Gasteiger partial charge in [-0.3, -0.25) is 9.78 Å². The van der Waals surface area contributed by atoms with Gasteiger partial charge in [-0.15, -0.1) is 0 Å². The van der Waals surface area contributed by atoms with E-state index in [4.69, 9.17) is 11.6 Å². The van der Waals surface area contributed by atoms with Crippen molar-refractivity contribution >= 4 is 23.3 Å². The lowest BCUT2D eigenvalue weighted by Crippen LogP contribution is -2.57. The highest BCUT2D eigenvalue weighted by Crippen LogP contribution is 2.43. The molecule has 2 aromatic heterocycles. The van der Waals surface area contributed by atoms with Gasteiger partial charge < -0.3 is 19.9 Å². The number of anilines is 1. The number of hydrogen-bond donors (Lipinski definition) is 2. The Labute approximate surface area is 219 Å². The molecule has 3 aromatic rings. The van der Waals surface area contributed by atoms with Crippen LogP contribution >= 0.6 is 11.6 Å². The third-order valence-electron chi connectivity index (χ3n) is 7.86. The highest BCUT2D eigenvalue weighted by molar-refractivity contribution is 6.30. The Hall–Kier alpha value is -3.30. The molecule has 0 unspecified atom stereocenters. The van der Waals surface area contributed by atoms with E-state index in [1.165, 1.54) is 12.1 Å². The summed E-state index contributed by atoms with van der Waals surface area (Å²) in [6.45, 7) is 5.40. The number of H-pyrrole nitrogens is 1. The lowest BCUT2D eigenvalue weighted by atomic mass is 9.70. The fraction of sp³-hybridized carbons (Fsp3) is 0.407. The molecule has 5 atom stereocenters. The van der Waals surface area contributed by atoms with E-state index >= 15 is 0 Å². The van der Waals surface area contributed by atoms with Gasteiger partial charge in [0.2, 0.25) is 5.91 Å². The van der Waals surface area contributed by atoms with Crippen LogP contribution in [0.4, 0.5) is 10.2 Å². The van der Waals surface area contributed by atoms with Crippen molar-refractivity contribution in [1.29, 1.82) is 0 Å². The number of hydrogen-bond acceptors (Lipinski definition) is 6. The summed E-state index contributed by atoms with van der Waals surface area (Å²) in [4.78, 5) is 40.7. The van der Waals surface area contributed by atoms with Gasteiger partial charge in [-0.05, 0) is 35.9 Å². The number of nitrogens with one attached hydrogen (secondary N) is 1. The molecular formula is C27H29ClFN5O3. The summed E-state index contributed by atoms with van der Waals surface area (Å²) >= 11 is 6.06. The van der Waals surface area contributed by atoms with Crippen LogP contribution in [0.25, 0.3) is 0 Å². The maximum Gasteiger partial charge on any atom is 0.346 e. The summed E-state index contributed by atoms with van der Waals surface area (Å²) in [5.41, 5.74) is -0.238. The Kier molecular flexibility index (Phi) is 6.76. The molecule has 0 radical (unpaired) electrons. The Bertz CT molecular complexity index is 1320. The fourth-order valence-corrected chi connectivity index (χ4v) is 6.00. The van der Waals surface area contributed by atoms with Crippen molar-refractivity contribution in [1.82, 2.24) is 19.9 Å². The van der Waals surface area contributed by atoms with Crippen LogP contribution in [0.2, 0.25) is 5.02 Å². The molecule has 2 aliphatic heterocycles. The third-order valence-corrected chi connectivity index (χ3v) is 8.08. The predicted octanol–water partition coefficient (Wildman–Crippen LogP) is 3.18. The van der Waals surface area contributed by atoms with Crippen LogP contribution < -0.4 is 10.6 Å². The van der Waals surface area contributed by atoms with E-state index in [0.29, 0.717) is 42.6 Å². The SMILES string of the molecule is C[C@@H]1CN(C(=O)[C@@H]2CN(c3cc[nH]c(=O)n3)C[C@H]2c2ccc(Cl)cn2)C[C@H](C)[C@]1(O)c1ccc(F)cc1. The maximum atomic E-state index is 14.0. The number of halogens is 2. The summed E-state index contributed by atoms with van der Waals surface area (Å²) < 4.78 is 13.5. The first-order valence-electron chi connectivity index (χ1n) is 12.4. The molecule has 1 amide bonds.